The van der Waals surface area contributed by atoms with Crippen LogP contribution in [0.1, 0.15) is 30.2 Å². The van der Waals surface area contributed by atoms with Gasteiger partial charge < -0.3 is 14.4 Å². The molecule has 1 N–H and O–H groups in total. The Morgan fingerprint density at radius 1 is 1.25 bits per heavy atom. The molecule has 0 unspecified atom stereocenters. The molecule has 0 bridgehead atoms. The number of rotatable bonds is 2. The SMILES string of the molecule is CC1(C)Oc2ccc(C#N)cc2[C@@H](S(=O)(=O)c2noc3cc(I)ccc23)[C@@H]1O. The summed E-state index contributed by atoms with van der Waals surface area (Å²) in [7, 11) is -4.16. The molecule has 0 saturated heterocycles. The van der Waals surface area contributed by atoms with Crippen LogP contribution < -0.4 is 4.74 Å². The first-order valence-electron chi connectivity index (χ1n) is 8.35. The first-order valence-corrected chi connectivity index (χ1v) is 11.0. The molecule has 0 fully saturated rings. The molecule has 144 valence electrons. The van der Waals surface area contributed by atoms with E-state index in [0.29, 0.717) is 16.7 Å². The van der Waals surface area contributed by atoms with E-state index in [0.717, 1.165) is 3.57 Å². The first kappa shape index (κ1) is 19.2. The van der Waals surface area contributed by atoms with Crippen LogP contribution in [0.3, 0.4) is 0 Å². The second-order valence-electron chi connectivity index (χ2n) is 7.11. The molecule has 28 heavy (non-hydrogen) atoms. The van der Waals surface area contributed by atoms with Crippen molar-refractivity contribution < 1.29 is 22.8 Å². The lowest BCUT2D eigenvalue weighted by Gasteiger charge is -2.41. The van der Waals surface area contributed by atoms with Gasteiger partial charge in [0.05, 0.1) is 17.0 Å². The Bertz CT molecular complexity index is 1240. The molecule has 7 nitrogen and oxygen atoms in total. The molecule has 0 aliphatic carbocycles. The topological polar surface area (TPSA) is 113 Å². The summed E-state index contributed by atoms with van der Waals surface area (Å²) in [6, 6.07) is 11.6. The number of aromatic nitrogens is 1. The monoisotopic (exact) mass is 510 g/mol. The Balaban J connectivity index is 1.97. The predicted octanol–water partition coefficient (Wildman–Crippen LogP) is 3.35. The Labute approximate surface area is 175 Å². The first-order chi connectivity index (χ1) is 13.1. The summed E-state index contributed by atoms with van der Waals surface area (Å²) in [4.78, 5) is 0. The van der Waals surface area contributed by atoms with Gasteiger partial charge in [0, 0.05) is 9.13 Å². The van der Waals surface area contributed by atoms with Gasteiger partial charge in [0.1, 0.15) is 22.7 Å². The molecule has 2 atom stereocenters. The number of nitrogens with zero attached hydrogens (tertiary/aromatic N) is 2. The summed E-state index contributed by atoms with van der Waals surface area (Å²) >= 11 is 2.09. The van der Waals surface area contributed by atoms with E-state index in [1.807, 2.05) is 6.07 Å². The van der Waals surface area contributed by atoms with Gasteiger partial charge in [0.25, 0.3) is 0 Å². The van der Waals surface area contributed by atoms with Gasteiger partial charge in [-0.15, -0.1) is 0 Å². The fraction of sp³-hybridized carbons (Fsp3) is 0.263. The molecule has 0 amide bonds. The van der Waals surface area contributed by atoms with Crippen molar-refractivity contribution in [3.05, 3.63) is 51.1 Å². The lowest BCUT2D eigenvalue weighted by molar-refractivity contribution is -0.0444. The molecule has 0 spiro atoms. The summed E-state index contributed by atoms with van der Waals surface area (Å²) in [6.07, 6.45) is -1.38. The molecule has 1 aliphatic heterocycles. The Morgan fingerprint density at radius 2 is 2.00 bits per heavy atom. The number of aliphatic hydroxyl groups excluding tert-OH is 1. The molecule has 1 aromatic heterocycles. The number of ether oxygens (including phenoxy) is 1. The minimum absolute atomic E-state index is 0.229. The van der Waals surface area contributed by atoms with Gasteiger partial charge in [-0.1, -0.05) is 5.16 Å². The molecule has 1 aliphatic rings. The number of aliphatic hydroxyl groups is 1. The van der Waals surface area contributed by atoms with Crippen molar-refractivity contribution in [2.45, 2.75) is 35.8 Å². The number of hydrogen-bond acceptors (Lipinski definition) is 7. The van der Waals surface area contributed by atoms with Crippen LogP contribution in [0.25, 0.3) is 11.0 Å². The van der Waals surface area contributed by atoms with E-state index in [1.54, 1.807) is 44.2 Å². The quantitative estimate of drug-likeness (QED) is 0.526. The maximum Gasteiger partial charge on any atom is 0.209 e. The van der Waals surface area contributed by atoms with Crippen LogP contribution in [0.15, 0.2) is 45.9 Å². The summed E-state index contributed by atoms with van der Waals surface area (Å²) in [5.74, 6) is 0.310. The molecular formula is C19H15IN2O5S. The number of sulfone groups is 1. The second-order valence-corrected chi connectivity index (χ2v) is 10.3. The minimum Gasteiger partial charge on any atom is -0.485 e. The van der Waals surface area contributed by atoms with E-state index in [9.17, 15) is 18.8 Å². The van der Waals surface area contributed by atoms with Crippen LogP contribution in [0.5, 0.6) is 5.75 Å². The summed E-state index contributed by atoms with van der Waals surface area (Å²) in [5, 5.41) is 22.7. The van der Waals surface area contributed by atoms with E-state index in [-0.39, 0.29) is 16.2 Å². The van der Waals surface area contributed by atoms with Gasteiger partial charge in [-0.2, -0.15) is 5.26 Å². The summed E-state index contributed by atoms with van der Waals surface area (Å²) in [5.41, 5.74) is -0.313. The molecule has 2 heterocycles. The zero-order valence-electron chi connectivity index (χ0n) is 14.9. The van der Waals surface area contributed by atoms with Crippen LogP contribution in [0, 0.1) is 14.9 Å². The van der Waals surface area contributed by atoms with Gasteiger partial charge in [-0.25, -0.2) is 8.42 Å². The maximum atomic E-state index is 13.6. The highest BCUT2D eigenvalue weighted by atomic mass is 127. The highest BCUT2D eigenvalue weighted by Gasteiger charge is 2.50. The number of fused-ring (bicyclic) bond motifs is 2. The van der Waals surface area contributed by atoms with Gasteiger partial charge in [-0.3, -0.25) is 0 Å². The fourth-order valence-corrected chi connectivity index (χ4v) is 5.87. The van der Waals surface area contributed by atoms with Gasteiger partial charge in [0.2, 0.25) is 14.9 Å². The van der Waals surface area contributed by atoms with Crippen LogP contribution in [-0.2, 0) is 9.84 Å². The van der Waals surface area contributed by atoms with Crippen molar-refractivity contribution in [3.63, 3.8) is 0 Å². The molecule has 4 rings (SSSR count). The van der Waals surface area contributed by atoms with E-state index >= 15 is 0 Å². The average Bonchev–Trinajstić information content (AvgIpc) is 3.05. The third-order valence-corrected chi connectivity index (χ3v) is 7.51. The molecule has 0 radical (unpaired) electrons. The van der Waals surface area contributed by atoms with Crippen molar-refractivity contribution in [2.75, 3.05) is 0 Å². The van der Waals surface area contributed by atoms with Crippen LogP contribution in [-0.4, -0.2) is 30.4 Å². The highest BCUT2D eigenvalue weighted by Crippen LogP contribution is 2.46. The van der Waals surface area contributed by atoms with Crippen LogP contribution in [0.2, 0.25) is 0 Å². The molecule has 2 aromatic carbocycles. The van der Waals surface area contributed by atoms with E-state index in [4.69, 9.17) is 9.26 Å². The largest absolute Gasteiger partial charge is 0.485 e. The lowest BCUT2D eigenvalue weighted by atomic mass is 9.90. The van der Waals surface area contributed by atoms with Crippen molar-refractivity contribution >= 4 is 43.4 Å². The van der Waals surface area contributed by atoms with Crippen molar-refractivity contribution in [1.29, 1.82) is 5.26 Å². The fourth-order valence-electron chi connectivity index (χ4n) is 3.36. The smallest absolute Gasteiger partial charge is 0.209 e. The normalized spacial score (nSPS) is 21.0. The Kier molecular flexibility index (Phi) is 4.41. The highest BCUT2D eigenvalue weighted by molar-refractivity contribution is 14.1. The van der Waals surface area contributed by atoms with Gasteiger partial charge in [-0.05, 0) is 72.8 Å². The number of hydrogen-bond donors (Lipinski definition) is 1. The zero-order chi connectivity index (χ0) is 20.3. The number of benzene rings is 2. The van der Waals surface area contributed by atoms with E-state index < -0.39 is 26.8 Å². The summed E-state index contributed by atoms with van der Waals surface area (Å²) in [6.45, 7) is 3.23. The van der Waals surface area contributed by atoms with Gasteiger partial charge in [0.15, 0.2) is 5.58 Å². The zero-order valence-corrected chi connectivity index (χ0v) is 17.9. The second kappa shape index (κ2) is 6.43. The number of halogens is 1. The molecule has 0 saturated carbocycles. The van der Waals surface area contributed by atoms with E-state index in [2.05, 4.69) is 27.7 Å². The standard InChI is InChI=1S/C19H15IN2O5S/c1-19(2)17(23)16(13-7-10(9-21)3-6-14(13)26-19)28(24,25)18-12-5-4-11(20)8-15(12)27-22-18/h3-8,16-17,23H,1-2H3/t16-,17+/m1/s1. The summed E-state index contributed by atoms with van der Waals surface area (Å²) < 4.78 is 39.1. The minimum atomic E-state index is -4.16. The Morgan fingerprint density at radius 3 is 2.71 bits per heavy atom. The van der Waals surface area contributed by atoms with Crippen LogP contribution in [0.4, 0.5) is 0 Å². The maximum absolute atomic E-state index is 13.6. The van der Waals surface area contributed by atoms with Crippen molar-refractivity contribution in [2.24, 2.45) is 0 Å². The molecular weight excluding hydrogens is 495 g/mol. The van der Waals surface area contributed by atoms with Crippen molar-refractivity contribution in [3.8, 4) is 11.8 Å². The van der Waals surface area contributed by atoms with Crippen LogP contribution >= 0.6 is 22.6 Å². The van der Waals surface area contributed by atoms with Crippen molar-refractivity contribution in [1.82, 2.24) is 5.16 Å². The molecule has 9 heteroatoms. The number of nitriles is 1. The lowest BCUT2D eigenvalue weighted by Crippen LogP contribution is -2.50. The average molecular weight is 510 g/mol. The third kappa shape index (κ3) is 2.87. The predicted molar refractivity (Wildman–Crippen MR) is 109 cm³/mol. The Hall–Kier alpha value is -2.16. The van der Waals surface area contributed by atoms with Gasteiger partial charge >= 0.3 is 0 Å². The molecule has 3 aromatic rings. The van der Waals surface area contributed by atoms with E-state index in [1.165, 1.54) is 6.07 Å². The third-order valence-electron chi connectivity index (χ3n) is 4.82.